The fourth-order valence-electron chi connectivity index (χ4n) is 2.66. The number of hydrogen-bond donors (Lipinski definition) is 2. The molecule has 1 aromatic heterocycles. The SMILES string of the molecule is O=C(NC(CSCCn1c(=O)oc2ccccc21)C(=O)O)OCc1ccccc1. The molecule has 8 nitrogen and oxygen atoms in total. The Morgan fingerprint density at radius 1 is 1.14 bits per heavy atom. The lowest BCUT2D eigenvalue weighted by atomic mass is 10.2. The van der Waals surface area contributed by atoms with E-state index in [2.05, 4.69) is 5.32 Å². The first kappa shape index (κ1) is 20.5. The second-order valence-corrected chi connectivity index (χ2v) is 7.31. The number of carboxylic acid groups (broad SMARTS) is 1. The molecule has 2 aromatic carbocycles. The molecular formula is C20H20N2O6S. The maximum atomic E-state index is 11.9. The molecule has 3 aromatic rings. The molecule has 0 aliphatic rings. The fourth-order valence-corrected chi connectivity index (χ4v) is 3.60. The highest BCUT2D eigenvalue weighted by molar-refractivity contribution is 7.99. The highest BCUT2D eigenvalue weighted by Gasteiger charge is 2.21. The van der Waals surface area contributed by atoms with Gasteiger partial charge in [-0.3, -0.25) is 4.57 Å². The number of alkyl carbamates (subject to hydrolysis) is 1. The lowest BCUT2D eigenvalue weighted by Gasteiger charge is -2.14. The molecule has 1 amide bonds. The number of oxazole rings is 1. The Morgan fingerprint density at radius 3 is 2.62 bits per heavy atom. The van der Waals surface area contributed by atoms with Gasteiger partial charge in [-0.1, -0.05) is 42.5 Å². The summed E-state index contributed by atoms with van der Waals surface area (Å²) >= 11 is 1.31. The van der Waals surface area contributed by atoms with Crippen LogP contribution in [0.5, 0.6) is 0 Å². The summed E-state index contributed by atoms with van der Waals surface area (Å²) in [5.74, 6) is -0.988. The number of para-hydroxylation sites is 2. The normalized spacial score (nSPS) is 11.9. The van der Waals surface area contributed by atoms with Crippen molar-refractivity contribution in [3.63, 3.8) is 0 Å². The number of carbonyl (C=O) groups excluding carboxylic acids is 1. The van der Waals surface area contributed by atoms with E-state index in [0.29, 0.717) is 23.4 Å². The number of carbonyl (C=O) groups is 2. The van der Waals surface area contributed by atoms with Crippen LogP contribution in [-0.2, 0) is 22.7 Å². The molecule has 9 heteroatoms. The van der Waals surface area contributed by atoms with Crippen LogP contribution in [-0.4, -0.2) is 39.3 Å². The van der Waals surface area contributed by atoms with Gasteiger partial charge in [-0.15, -0.1) is 0 Å². The Morgan fingerprint density at radius 2 is 1.86 bits per heavy atom. The molecule has 0 saturated heterocycles. The number of nitrogens with one attached hydrogen (secondary N) is 1. The van der Waals surface area contributed by atoms with E-state index in [-0.39, 0.29) is 12.4 Å². The standard InChI is InChI=1S/C20H20N2O6S/c23-18(24)15(21-19(25)27-12-14-6-2-1-3-7-14)13-29-11-10-22-16-8-4-5-9-17(16)28-20(22)26/h1-9,15H,10-13H2,(H,21,25)(H,23,24). The van der Waals surface area contributed by atoms with Gasteiger partial charge in [0.2, 0.25) is 0 Å². The molecule has 0 aliphatic heterocycles. The van der Waals surface area contributed by atoms with E-state index in [9.17, 15) is 19.5 Å². The highest BCUT2D eigenvalue weighted by Crippen LogP contribution is 2.13. The lowest BCUT2D eigenvalue weighted by molar-refractivity contribution is -0.138. The molecule has 3 rings (SSSR count). The van der Waals surface area contributed by atoms with Gasteiger partial charge >= 0.3 is 17.8 Å². The first-order valence-electron chi connectivity index (χ1n) is 8.91. The molecule has 0 spiro atoms. The lowest BCUT2D eigenvalue weighted by Crippen LogP contribution is -2.42. The van der Waals surface area contributed by atoms with Gasteiger partial charge in [0.15, 0.2) is 5.58 Å². The predicted molar refractivity (Wildman–Crippen MR) is 109 cm³/mol. The number of carboxylic acids is 1. The van der Waals surface area contributed by atoms with Crippen molar-refractivity contribution in [1.29, 1.82) is 0 Å². The summed E-state index contributed by atoms with van der Waals surface area (Å²) in [6.07, 6.45) is -0.793. The first-order valence-corrected chi connectivity index (χ1v) is 10.1. The maximum Gasteiger partial charge on any atom is 0.419 e. The topological polar surface area (TPSA) is 111 Å². The van der Waals surface area contributed by atoms with Gasteiger partial charge in [0.1, 0.15) is 12.6 Å². The second-order valence-electron chi connectivity index (χ2n) is 6.16. The van der Waals surface area contributed by atoms with E-state index in [1.165, 1.54) is 16.3 Å². The Kier molecular flexibility index (Phi) is 6.96. The average Bonchev–Trinajstić information content (AvgIpc) is 3.04. The number of aromatic nitrogens is 1. The largest absolute Gasteiger partial charge is 0.480 e. The van der Waals surface area contributed by atoms with E-state index in [4.69, 9.17) is 9.15 Å². The summed E-state index contributed by atoms with van der Waals surface area (Å²) in [5.41, 5.74) is 2.01. The zero-order valence-corrected chi connectivity index (χ0v) is 16.3. The van der Waals surface area contributed by atoms with Crippen molar-refractivity contribution in [2.24, 2.45) is 0 Å². The van der Waals surface area contributed by atoms with E-state index >= 15 is 0 Å². The van der Waals surface area contributed by atoms with Crippen molar-refractivity contribution < 1.29 is 23.8 Å². The second kappa shape index (κ2) is 9.83. The van der Waals surface area contributed by atoms with Gasteiger partial charge in [0.25, 0.3) is 0 Å². The van der Waals surface area contributed by atoms with Crippen molar-refractivity contribution in [2.75, 3.05) is 11.5 Å². The molecule has 152 valence electrons. The predicted octanol–water partition coefficient (Wildman–Crippen LogP) is 2.71. The third kappa shape index (κ3) is 5.64. The van der Waals surface area contributed by atoms with E-state index in [0.717, 1.165) is 5.56 Å². The summed E-state index contributed by atoms with van der Waals surface area (Å²) in [4.78, 5) is 35.2. The number of aliphatic carboxylic acids is 1. The highest BCUT2D eigenvalue weighted by atomic mass is 32.2. The van der Waals surface area contributed by atoms with Crippen LogP contribution in [0.1, 0.15) is 5.56 Å². The number of thioether (sulfide) groups is 1. The molecule has 1 heterocycles. The summed E-state index contributed by atoms with van der Waals surface area (Å²) in [7, 11) is 0. The van der Waals surface area contributed by atoms with Crippen molar-refractivity contribution in [3.8, 4) is 0 Å². The van der Waals surface area contributed by atoms with Gasteiger partial charge in [0.05, 0.1) is 5.52 Å². The Bertz CT molecular complexity index is 1030. The summed E-state index contributed by atoms with van der Waals surface area (Å²) in [6, 6.07) is 15.1. The van der Waals surface area contributed by atoms with Crippen LogP contribution < -0.4 is 11.1 Å². The van der Waals surface area contributed by atoms with Crippen LogP contribution in [0, 0.1) is 0 Å². The molecule has 0 radical (unpaired) electrons. The number of hydrogen-bond acceptors (Lipinski definition) is 6. The van der Waals surface area contributed by atoms with Crippen LogP contribution in [0.25, 0.3) is 11.1 Å². The molecule has 1 unspecified atom stereocenters. The molecule has 0 bridgehead atoms. The molecular weight excluding hydrogens is 396 g/mol. The zero-order chi connectivity index (χ0) is 20.6. The number of ether oxygens (including phenoxy) is 1. The molecule has 0 saturated carbocycles. The van der Waals surface area contributed by atoms with E-state index in [1.807, 2.05) is 24.3 Å². The minimum atomic E-state index is -1.15. The Hall–Kier alpha value is -3.20. The summed E-state index contributed by atoms with van der Waals surface area (Å²) in [5, 5.41) is 11.7. The van der Waals surface area contributed by atoms with Gasteiger partial charge < -0.3 is 19.6 Å². The number of fused-ring (bicyclic) bond motifs is 1. The molecule has 1 atom stereocenters. The summed E-state index contributed by atoms with van der Waals surface area (Å²) < 4.78 is 11.7. The van der Waals surface area contributed by atoms with Gasteiger partial charge in [-0.2, -0.15) is 11.8 Å². The number of aryl methyl sites for hydroxylation is 1. The van der Waals surface area contributed by atoms with Crippen LogP contribution in [0.3, 0.4) is 0 Å². The first-order chi connectivity index (χ1) is 14.0. The average molecular weight is 416 g/mol. The van der Waals surface area contributed by atoms with Crippen molar-refractivity contribution in [2.45, 2.75) is 19.2 Å². The van der Waals surface area contributed by atoms with Crippen LogP contribution >= 0.6 is 11.8 Å². The van der Waals surface area contributed by atoms with Gasteiger partial charge in [0, 0.05) is 18.1 Å². The Balaban J connectivity index is 1.46. The number of rotatable bonds is 9. The van der Waals surface area contributed by atoms with E-state index < -0.39 is 23.9 Å². The smallest absolute Gasteiger partial charge is 0.419 e. The molecule has 0 fully saturated rings. The fraction of sp³-hybridized carbons (Fsp3) is 0.250. The molecule has 29 heavy (non-hydrogen) atoms. The quantitative estimate of drug-likeness (QED) is 0.516. The van der Waals surface area contributed by atoms with Gasteiger partial charge in [-0.05, 0) is 17.7 Å². The van der Waals surface area contributed by atoms with Crippen molar-refractivity contribution >= 4 is 34.9 Å². The monoisotopic (exact) mass is 416 g/mol. The zero-order valence-electron chi connectivity index (χ0n) is 15.4. The third-order valence-corrected chi connectivity index (χ3v) is 5.16. The van der Waals surface area contributed by atoms with Crippen LogP contribution in [0.15, 0.2) is 63.8 Å². The van der Waals surface area contributed by atoms with Crippen molar-refractivity contribution in [1.82, 2.24) is 9.88 Å². The molecule has 0 aliphatic carbocycles. The van der Waals surface area contributed by atoms with Gasteiger partial charge in [-0.25, -0.2) is 14.4 Å². The minimum absolute atomic E-state index is 0.0582. The number of benzene rings is 2. The molecule has 2 N–H and O–H groups in total. The summed E-state index contributed by atoms with van der Waals surface area (Å²) in [6.45, 7) is 0.425. The third-order valence-electron chi connectivity index (χ3n) is 4.12. The maximum absolute atomic E-state index is 11.9. The van der Waals surface area contributed by atoms with Crippen molar-refractivity contribution in [3.05, 3.63) is 70.7 Å². The van der Waals surface area contributed by atoms with Crippen LogP contribution in [0.2, 0.25) is 0 Å². The number of amides is 1. The Labute approximate surface area is 170 Å². The minimum Gasteiger partial charge on any atom is -0.480 e. The van der Waals surface area contributed by atoms with E-state index in [1.54, 1.807) is 30.3 Å². The van der Waals surface area contributed by atoms with Crippen LogP contribution in [0.4, 0.5) is 4.79 Å². The number of nitrogens with zero attached hydrogens (tertiary/aromatic N) is 1.